The average molecular weight is 587 g/mol. The van der Waals surface area contributed by atoms with Gasteiger partial charge in [0.05, 0.1) is 27.4 Å². The molecule has 0 unspecified atom stereocenters. The lowest BCUT2D eigenvalue weighted by atomic mass is 10.1. The van der Waals surface area contributed by atoms with Gasteiger partial charge in [0.25, 0.3) is 10.0 Å². The zero-order chi connectivity index (χ0) is 27.9. The van der Waals surface area contributed by atoms with E-state index in [-0.39, 0.29) is 20.7 Å². The molecule has 3 N–H and O–H groups in total. The van der Waals surface area contributed by atoms with Crippen LogP contribution < -0.4 is 14.9 Å². The Hall–Kier alpha value is -4.39. The van der Waals surface area contributed by atoms with E-state index < -0.39 is 10.0 Å². The van der Waals surface area contributed by atoms with Crippen molar-refractivity contribution in [3.05, 3.63) is 102 Å². The molecule has 0 aliphatic carbocycles. The van der Waals surface area contributed by atoms with Crippen LogP contribution in [0.25, 0.3) is 16.7 Å². The Kier molecular flexibility index (Phi) is 6.66. The molecule has 2 heterocycles. The first kappa shape index (κ1) is 25.9. The molecular formula is C28H22N6O3S3. The molecule has 0 atom stereocenters. The Balaban J connectivity index is 1.15. The van der Waals surface area contributed by atoms with Crippen molar-refractivity contribution in [3.8, 4) is 11.4 Å². The van der Waals surface area contributed by atoms with Crippen molar-refractivity contribution in [2.24, 2.45) is 0 Å². The number of para-hydroxylation sites is 2. The zero-order valence-corrected chi connectivity index (χ0v) is 23.3. The number of anilines is 2. The Morgan fingerprint density at radius 2 is 1.68 bits per heavy atom. The summed E-state index contributed by atoms with van der Waals surface area (Å²) in [6, 6.07) is 26.4. The molecule has 0 saturated carbocycles. The number of rotatable bonds is 5. The minimum Gasteiger partial charge on any atom is -0.507 e. The van der Waals surface area contributed by atoms with Crippen LogP contribution in [0.15, 0.2) is 95.9 Å². The lowest BCUT2D eigenvalue weighted by Crippen LogP contribution is -2.33. The molecule has 0 radical (unpaired) electrons. The molecule has 9 nitrogen and oxygen atoms in total. The van der Waals surface area contributed by atoms with E-state index in [0.29, 0.717) is 35.6 Å². The van der Waals surface area contributed by atoms with E-state index in [1.165, 1.54) is 22.5 Å². The summed E-state index contributed by atoms with van der Waals surface area (Å²) in [7, 11) is -3.70. The maximum absolute atomic E-state index is 13.3. The van der Waals surface area contributed by atoms with Crippen LogP contribution in [0, 0.1) is 0 Å². The summed E-state index contributed by atoms with van der Waals surface area (Å²) >= 11 is 10.9. The Bertz CT molecular complexity index is 1890. The predicted molar refractivity (Wildman–Crippen MR) is 163 cm³/mol. The van der Waals surface area contributed by atoms with Crippen LogP contribution in [-0.2, 0) is 16.4 Å². The van der Waals surface area contributed by atoms with E-state index in [9.17, 15) is 13.5 Å². The number of aromatic nitrogens is 3. The quantitative estimate of drug-likeness (QED) is 0.256. The van der Waals surface area contributed by atoms with Crippen molar-refractivity contribution < 1.29 is 13.5 Å². The number of benzene rings is 4. The van der Waals surface area contributed by atoms with Gasteiger partial charge in [0, 0.05) is 12.2 Å². The van der Waals surface area contributed by atoms with E-state index in [4.69, 9.17) is 24.4 Å². The number of phenolic OH excluding ortho intramolecular Hbond substituents is 1. The minimum atomic E-state index is -3.70. The topological polar surface area (TPSA) is 112 Å². The highest BCUT2D eigenvalue weighted by Crippen LogP contribution is 2.33. The molecule has 40 heavy (non-hydrogen) atoms. The summed E-state index contributed by atoms with van der Waals surface area (Å²) in [5, 5.41) is 25.0. The number of aromatic hydroxyl groups is 1. The number of sulfonamides is 1. The van der Waals surface area contributed by atoms with Gasteiger partial charge < -0.3 is 15.7 Å². The molecule has 0 spiro atoms. The second-order valence-corrected chi connectivity index (χ2v) is 11.8. The van der Waals surface area contributed by atoms with Gasteiger partial charge in [-0.2, -0.15) is 0 Å². The van der Waals surface area contributed by atoms with E-state index in [0.717, 1.165) is 16.6 Å². The van der Waals surface area contributed by atoms with Gasteiger partial charge in [-0.15, -0.1) is 5.10 Å². The normalized spacial score (nSPS) is 12.8. The lowest BCUT2D eigenvalue weighted by Gasteiger charge is -2.20. The standard InChI is InChI=1S/C28H22N6O3S3/c35-26-14-11-20(34-25-8-4-2-6-23(25)31-32-34)17-22(26)27(38)30-28(39)29-19-9-12-21(13-10-19)40(36,37)33-16-15-18-5-1-3-7-24(18)33/h1-14,17,35H,15-16H2,(H2,29,30,38,39). The number of nitrogens with one attached hydrogen (secondary N) is 2. The number of thiocarbonyl (C=S) groups is 2. The summed E-state index contributed by atoms with van der Waals surface area (Å²) in [5.74, 6) is -0.0217. The molecule has 5 aromatic rings. The maximum atomic E-state index is 13.3. The third kappa shape index (κ3) is 4.76. The van der Waals surface area contributed by atoms with Crippen LogP contribution in [0.1, 0.15) is 11.1 Å². The highest BCUT2D eigenvalue weighted by atomic mass is 32.2. The summed E-state index contributed by atoms with van der Waals surface area (Å²) < 4.78 is 29.6. The molecule has 12 heteroatoms. The van der Waals surface area contributed by atoms with Crippen LogP contribution in [-0.4, -0.2) is 45.2 Å². The average Bonchev–Trinajstić information content (AvgIpc) is 3.59. The molecule has 1 aromatic heterocycles. The van der Waals surface area contributed by atoms with Gasteiger partial charge >= 0.3 is 0 Å². The monoisotopic (exact) mass is 586 g/mol. The molecule has 6 rings (SSSR count). The number of nitrogens with zero attached hydrogens (tertiary/aromatic N) is 4. The van der Waals surface area contributed by atoms with Gasteiger partial charge in [-0.25, -0.2) is 13.1 Å². The largest absolute Gasteiger partial charge is 0.507 e. The van der Waals surface area contributed by atoms with Crippen molar-refractivity contribution in [2.75, 3.05) is 16.2 Å². The van der Waals surface area contributed by atoms with Crippen molar-refractivity contribution >= 4 is 67.0 Å². The van der Waals surface area contributed by atoms with E-state index in [1.807, 2.05) is 48.5 Å². The van der Waals surface area contributed by atoms with Gasteiger partial charge in [0.2, 0.25) is 0 Å². The number of hydrogen-bond acceptors (Lipinski definition) is 7. The first-order chi connectivity index (χ1) is 19.3. The molecule has 0 saturated heterocycles. The van der Waals surface area contributed by atoms with Gasteiger partial charge in [-0.3, -0.25) is 4.31 Å². The third-order valence-corrected chi connectivity index (χ3v) is 8.95. The molecule has 4 aromatic carbocycles. The van der Waals surface area contributed by atoms with Crippen LogP contribution in [0.4, 0.5) is 11.4 Å². The smallest absolute Gasteiger partial charge is 0.264 e. The second kappa shape index (κ2) is 10.3. The van der Waals surface area contributed by atoms with Gasteiger partial charge in [0.15, 0.2) is 5.11 Å². The van der Waals surface area contributed by atoms with E-state index in [2.05, 4.69) is 20.9 Å². The fourth-order valence-corrected chi connectivity index (χ4v) is 6.68. The second-order valence-electron chi connectivity index (χ2n) is 9.08. The fraction of sp³-hybridized carbons (Fsp3) is 0.0714. The van der Waals surface area contributed by atoms with Crippen molar-refractivity contribution in [2.45, 2.75) is 11.3 Å². The SMILES string of the molecule is O=S(=O)(c1ccc(NC(=S)NC(=S)c2cc(-n3nnc4ccccc43)ccc2O)cc1)N1CCc2ccccc21. The van der Waals surface area contributed by atoms with E-state index >= 15 is 0 Å². The Morgan fingerprint density at radius 1 is 0.925 bits per heavy atom. The van der Waals surface area contributed by atoms with Crippen LogP contribution in [0.3, 0.4) is 0 Å². The summed E-state index contributed by atoms with van der Waals surface area (Å²) in [6.07, 6.45) is 0.683. The molecule has 0 amide bonds. The van der Waals surface area contributed by atoms with Crippen LogP contribution >= 0.6 is 24.4 Å². The molecule has 1 aliphatic heterocycles. The molecule has 200 valence electrons. The first-order valence-electron chi connectivity index (χ1n) is 12.3. The van der Waals surface area contributed by atoms with Gasteiger partial charge in [-0.05, 0) is 84.9 Å². The van der Waals surface area contributed by atoms with Crippen molar-refractivity contribution in [1.29, 1.82) is 0 Å². The summed E-state index contributed by atoms with van der Waals surface area (Å²) in [6.45, 7) is 0.411. The third-order valence-electron chi connectivity index (χ3n) is 6.59. The Labute approximate surface area is 241 Å². The van der Waals surface area contributed by atoms with Crippen molar-refractivity contribution in [3.63, 3.8) is 0 Å². The Morgan fingerprint density at radius 3 is 2.50 bits per heavy atom. The molecular weight excluding hydrogens is 565 g/mol. The van der Waals surface area contributed by atoms with Crippen LogP contribution in [0.2, 0.25) is 0 Å². The summed E-state index contributed by atoms with van der Waals surface area (Å²) in [4.78, 5) is 0.389. The number of phenols is 1. The minimum absolute atomic E-state index is 0.0217. The summed E-state index contributed by atoms with van der Waals surface area (Å²) in [5.41, 5.74) is 4.90. The van der Waals surface area contributed by atoms with Gasteiger partial charge in [-0.1, -0.05) is 47.8 Å². The van der Waals surface area contributed by atoms with Gasteiger partial charge in [0.1, 0.15) is 16.3 Å². The van der Waals surface area contributed by atoms with E-state index in [1.54, 1.807) is 28.9 Å². The fourth-order valence-electron chi connectivity index (χ4n) is 4.63. The highest BCUT2D eigenvalue weighted by Gasteiger charge is 2.30. The number of fused-ring (bicyclic) bond motifs is 2. The van der Waals surface area contributed by atoms with Crippen molar-refractivity contribution in [1.82, 2.24) is 20.3 Å². The molecule has 1 aliphatic rings. The first-order valence-corrected chi connectivity index (χ1v) is 14.5. The zero-order valence-electron chi connectivity index (χ0n) is 20.9. The number of hydrogen-bond donors (Lipinski definition) is 3. The maximum Gasteiger partial charge on any atom is 0.264 e. The molecule has 0 bridgehead atoms. The highest BCUT2D eigenvalue weighted by molar-refractivity contribution is 7.92. The van der Waals surface area contributed by atoms with Crippen LogP contribution in [0.5, 0.6) is 5.75 Å². The molecule has 0 fully saturated rings. The lowest BCUT2D eigenvalue weighted by molar-refractivity contribution is 0.474. The predicted octanol–water partition coefficient (Wildman–Crippen LogP) is 4.54.